The highest BCUT2D eigenvalue weighted by Gasteiger charge is 2.29. The largest absolute Gasteiger partial charge is 0.492 e. The molecule has 0 aromatic heterocycles. The van der Waals surface area contributed by atoms with E-state index in [9.17, 15) is 9.00 Å². The van der Waals surface area contributed by atoms with Gasteiger partial charge < -0.3 is 10.1 Å². The molecule has 1 heterocycles. The van der Waals surface area contributed by atoms with Crippen LogP contribution < -0.4 is 10.1 Å². The number of carbonyl (C=O) groups is 1. The first-order chi connectivity index (χ1) is 10.1. The van der Waals surface area contributed by atoms with Crippen molar-refractivity contribution >= 4 is 22.4 Å². The SMILES string of the molecule is C[S@@](=O)c1ccc(NC(=O)[C@H]2COc3ccccc32)cc1. The molecular formula is C16H15NO3S. The van der Waals surface area contributed by atoms with Crippen molar-refractivity contribution in [2.45, 2.75) is 10.8 Å². The third kappa shape index (κ3) is 2.83. The first-order valence-corrected chi connectivity index (χ1v) is 8.17. The summed E-state index contributed by atoms with van der Waals surface area (Å²) in [6, 6.07) is 14.6. The second-order valence-corrected chi connectivity index (χ2v) is 6.25. The van der Waals surface area contributed by atoms with Crippen molar-refractivity contribution in [2.75, 3.05) is 18.2 Å². The van der Waals surface area contributed by atoms with Crippen LogP contribution in [0.2, 0.25) is 0 Å². The number of para-hydroxylation sites is 1. The summed E-state index contributed by atoms with van der Waals surface area (Å²) in [7, 11) is -1.01. The summed E-state index contributed by atoms with van der Waals surface area (Å²) >= 11 is 0. The zero-order valence-electron chi connectivity index (χ0n) is 11.5. The molecule has 21 heavy (non-hydrogen) atoms. The molecule has 0 bridgehead atoms. The molecule has 0 saturated carbocycles. The summed E-state index contributed by atoms with van der Waals surface area (Å²) in [5.74, 6) is 0.390. The maximum absolute atomic E-state index is 12.3. The quantitative estimate of drug-likeness (QED) is 0.948. The molecule has 0 radical (unpaired) electrons. The van der Waals surface area contributed by atoms with Crippen molar-refractivity contribution in [1.29, 1.82) is 0 Å². The van der Waals surface area contributed by atoms with Crippen molar-refractivity contribution in [3.8, 4) is 5.75 Å². The van der Waals surface area contributed by atoms with Crippen LogP contribution in [0.5, 0.6) is 5.75 Å². The number of nitrogens with one attached hydrogen (secondary N) is 1. The van der Waals surface area contributed by atoms with Gasteiger partial charge in [-0.15, -0.1) is 0 Å². The van der Waals surface area contributed by atoms with E-state index in [0.29, 0.717) is 12.3 Å². The van der Waals surface area contributed by atoms with Crippen molar-refractivity contribution in [2.24, 2.45) is 0 Å². The lowest BCUT2D eigenvalue weighted by Crippen LogP contribution is -2.22. The topological polar surface area (TPSA) is 55.4 Å². The van der Waals surface area contributed by atoms with Gasteiger partial charge in [0.05, 0.1) is 0 Å². The van der Waals surface area contributed by atoms with E-state index >= 15 is 0 Å². The Bertz CT molecular complexity index is 697. The monoisotopic (exact) mass is 301 g/mol. The number of anilines is 1. The fourth-order valence-electron chi connectivity index (χ4n) is 2.34. The van der Waals surface area contributed by atoms with Gasteiger partial charge in [-0.3, -0.25) is 9.00 Å². The van der Waals surface area contributed by atoms with Gasteiger partial charge in [0.1, 0.15) is 18.3 Å². The molecule has 2 aromatic rings. The molecule has 5 heteroatoms. The first-order valence-electron chi connectivity index (χ1n) is 6.61. The molecule has 1 amide bonds. The molecule has 0 spiro atoms. The van der Waals surface area contributed by atoms with E-state index < -0.39 is 10.8 Å². The van der Waals surface area contributed by atoms with Crippen LogP contribution in [0, 0.1) is 0 Å². The minimum atomic E-state index is -1.01. The van der Waals surface area contributed by atoms with Gasteiger partial charge in [0.15, 0.2) is 0 Å². The second-order valence-electron chi connectivity index (χ2n) is 4.87. The predicted octanol–water partition coefficient (Wildman–Crippen LogP) is 2.54. The van der Waals surface area contributed by atoms with Crippen LogP contribution in [0.4, 0.5) is 5.69 Å². The zero-order chi connectivity index (χ0) is 14.8. The Labute approximate surface area is 125 Å². The van der Waals surface area contributed by atoms with E-state index in [-0.39, 0.29) is 11.8 Å². The summed E-state index contributed by atoms with van der Waals surface area (Å²) < 4.78 is 16.9. The van der Waals surface area contributed by atoms with E-state index in [1.54, 1.807) is 30.5 Å². The fourth-order valence-corrected chi connectivity index (χ4v) is 2.86. The Morgan fingerprint density at radius 2 is 1.90 bits per heavy atom. The van der Waals surface area contributed by atoms with Gasteiger partial charge in [-0.2, -0.15) is 0 Å². The Kier molecular flexibility index (Phi) is 3.75. The Morgan fingerprint density at radius 1 is 1.19 bits per heavy atom. The van der Waals surface area contributed by atoms with Crippen LogP contribution in [-0.2, 0) is 15.6 Å². The molecule has 0 aliphatic carbocycles. The van der Waals surface area contributed by atoms with Gasteiger partial charge in [0.25, 0.3) is 0 Å². The zero-order valence-corrected chi connectivity index (χ0v) is 12.4. The molecule has 108 valence electrons. The normalized spacial score (nSPS) is 17.7. The van der Waals surface area contributed by atoms with E-state index in [4.69, 9.17) is 4.74 Å². The van der Waals surface area contributed by atoms with Crippen LogP contribution in [0.25, 0.3) is 0 Å². The molecule has 0 fully saturated rings. The summed E-state index contributed by atoms with van der Waals surface area (Å²) in [6.45, 7) is 0.363. The lowest BCUT2D eigenvalue weighted by atomic mass is 10.0. The molecule has 0 unspecified atom stereocenters. The third-order valence-corrected chi connectivity index (χ3v) is 4.41. The smallest absolute Gasteiger partial charge is 0.235 e. The Balaban J connectivity index is 1.74. The average molecular weight is 301 g/mol. The van der Waals surface area contributed by atoms with Crippen LogP contribution in [0.3, 0.4) is 0 Å². The van der Waals surface area contributed by atoms with Crippen molar-refractivity contribution < 1.29 is 13.7 Å². The minimum Gasteiger partial charge on any atom is -0.492 e. The highest BCUT2D eigenvalue weighted by Crippen LogP contribution is 2.34. The maximum atomic E-state index is 12.3. The number of hydrogen-bond donors (Lipinski definition) is 1. The third-order valence-electron chi connectivity index (χ3n) is 3.47. The summed E-state index contributed by atoms with van der Waals surface area (Å²) in [6.07, 6.45) is 1.63. The summed E-state index contributed by atoms with van der Waals surface area (Å²) in [5, 5.41) is 2.87. The van der Waals surface area contributed by atoms with Gasteiger partial charge in [0.2, 0.25) is 5.91 Å². The average Bonchev–Trinajstić information content (AvgIpc) is 2.92. The lowest BCUT2D eigenvalue weighted by Gasteiger charge is -2.10. The highest BCUT2D eigenvalue weighted by atomic mass is 32.2. The molecule has 4 nitrogen and oxygen atoms in total. The molecule has 2 atom stereocenters. The molecule has 3 rings (SSSR count). The lowest BCUT2D eigenvalue weighted by molar-refractivity contribution is -0.117. The van der Waals surface area contributed by atoms with E-state index in [2.05, 4.69) is 5.32 Å². The molecule has 2 aromatic carbocycles. The van der Waals surface area contributed by atoms with Crippen LogP contribution in [0.15, 0.2) is 53.4 Å². The highest BCUT2D eigenvalue weighted by molar-refractivity contribution is 7.84. The number of carbonyl (C=O) groups excluding carboxylic acids is 1. The minimum absolute atomic E-state index is 0.0923. The van der Waals surface area contributed by atoms with Crippen molar-refractivity contribution in [1.82, 2.24) is 0 Å². The van der Waals surface area contributed by atoms with E-state index in [1.807, 2.05) is 24.3 Å². The first kappa shape index (κ1) is 13.8. The molecular weight excluding hydrogens is 286 g/mol. The summed E-state index contributed by atoms with van der Waals surface area (Å²) in [5.41, 5.74) is 1.61. The maximum Gasteiger partial charge on any atom is 0.235 e. The van der Waals surface area contributed by atoms with Crippen LogP contribution >= 0.6 is 0 Å². The molecule has 1 N–H and O–H groups in total. The number of ether oxygens (including phenoxy) is 1. The van der Waals surface area contributed by atoms with Crippen molar-refractivity contribution in [3.63, 3.8) is 0 Å². The van der Waals surface area contributed by atoms with Gasteiger partial charge in [-0.05, 0) is 30.3 Å². The summed E-state index contributed by atoms with van der Waals surface area (Å²) in [4.78, 5) is 13.1. The fraction of sp³-hybridized carbons (Fsp3) is 0.188. The number of hydrogen-bond acceptors (Lipinski definition) is 3. The van der Waals surface area contributed by atoms with Crippen molar-refractivity contribution in [3.05, 3.63) is 54.1 Å². The van der Waals surface area contributed by atoms with Crippen LogP contribution in [-0.4, -0.2) is 23.0 Å². The Morgan fingerprint density at radius 3 is 2.62 bits per heavy atom. The van der Waals surface area contributed by atoms with E-state index in [0.717, 1.165) is 16.2 Å². The van der Waals surface area contributed by atoms with Crippen LogP contribution in [0.1, 0.15) is 11.5 Å². The standard InChI is InChI=1S/C16H15NO3S/c1-21(19)12-8-6-11(7-9-12)17-16(18)14-10-20-15-5-3-2-4-13(14)15/h2-9,14H,10H2,1H3,(H,17,18)/t14-,21+/m0/s1. The predicted molar refractivity (Wildman–Crippen MR) is 82.1 cm³/mol. The number of fused-ring (bicyclic) bond motifs is 1. The van der Waals surface area contributed by atoms with Gasteiger partial charge in [0, 0.05) is 33.2 Å². The van der Waals surface area contributed by atoms with Gasteiger partial charge >= 0.3 is 0 Å². The molecule has 0 saturated heterocycles. The molecule has 1 aliphatic rings. The van der Waals surface area contributed by atoms with E-state index in [1.165, 1.54) is 0 Å². The van der Waals surface area contributed by atoms with Gasteiger partial charge in [-0.1, -0.05) is 18.2 Å². The number of benzene rings is 2. The number of rotatable bonds is 3. The number of amides is 1. The second kappa shape index (κ2) is 5.69. The Hall–Kier alpha value is -2.14. The molecule has 1 aliphatic heterocycles. The van der Waals surface area contributed by atoms with Gasteiger partial charge in [-0.25, -0.2) is 0 Å².